The van der Waals surface area contributed by atoms with E-state index in [4.69, 9.17) is 14.2 Å². The number of pyridine rings is 1. The number of carbonyl (C=O) groups excluding carboxylic acids is 2. The summed E-state index contributed by atoms with van der Waals surface area (Å²) >= 11 is 0. The zero-order valence-corrected chi connectivity index (χ0v) is 15.6. The van der Waals surface area contributed by atoms with Crippen molar-refractivity contribution in [1.82, 2.24) is 4.98 Å². The number of halogens is 1. The van der Waals surface area contributed by atoms with Crippen LogP contribution in [0.25, 0.3) is 10.9 Å². The van der Waals surface area contributed by atoms with Gasteiger partial charge in [-0.2, -0.15) is 0 Å². The van der Waals surface area contributed by atoms with E-state index in [1.165, 1.54) is 26.4 Å². The standard InChI is InChI=1S/C21H18FNO5/c1-12-14-6-4-5-7-16(14)23-17(19(12)21(25)27-3)11-28-20(24)13-8-9-18(26-2)15(22)10-13/h4-10H,11H2,1-3H3. The van der Waals surface area contributed by atoms with Gasteiger partial charge in [0.15, 0.2) is 11.6 Å². The minimum absolute atomic E-state index is 0.0235. The Kier molecular flexibility index (Phi) is 5.54. The van der Waals surface area contributed by atoms with E-state index in [9.17, 15) is 14.0 Å². The fourth-order valence-electron chi connectivity index (χ4n) is 2.93. The number of benzene rings is 2. The predicted molar refractivity (Wildman–Crippen MR) is 99.9 cm³/mol. The molecule has 0 amide bonds. The Morgan fingerprint density at radius 2 is 1.82 bits per heavy atom. The molecular weight excluding hydrogens is 365 g/mol. The van der Waals surface area contributed by atoms with Crippen LogP contribution in [0, 0.1) is 12.7 Å². The molecule has 0 radical (unpaired) electrons. The number of para-hydroxylation sites is 1. The maximum atomic E-state index is 13.8. The first-order valence-electron chi connectivity index (χ1n) is 8.43. The van der Waals surface area contributed by atoms with E-state index < -0.39 is 17.8 Å². The number of esters is 2. The molecule has 0 saturated carbocycles. The number of fused-ring (bicyclic) bond motifs is 1. The molecule has 0 aliphatic carbocycles. The van der Waals surface area contributed by atoms with Gasteiger partial charge < -0.3 is 14.2 Å². The van der Waals surface area contributed by atoms with E-state index >= 15 is 0 Å². The van der Waals surface area contributed by atoms with Gasteiger partial charge in [-0.1, -0.05) is 18.2 Å². The Balaban J connectivity index is 1.92. The van der Waals surface area contributed by atoms with E-state index in [1.54, 1.807) is 13.0 Å². The summed E-state index contributed by atoms with van der Waals surface area (Å²) in [5.74, 6) is -1.97. The first kappa shape index (κ1) is 19.3. The van der Waals surface area contributed by atoms with Crippen molar-refractivity contribution in [3.63, 3.8) is 0 Å². The van der Waals surface area contributed by atoms with Crippen LogP contribution in [0.5, 0.6) is 5.75 Å². The van der Waals surface area contributed by atoms with Crippen molar-refractivity contribution >= 4 is 22.8 Å². The van der Waals surface area contributed by atoms with Crippen LogP contribution in [0.15, 0.2) is 42.5 Å². The molecule has 0 aliphatic heterocycles. The van der Waals surface area contributed by atoms with Crippen molar-refractivity contribution < 1.29 is 28.2 Å². The molecule has 0 fully saturated rings. The molecule has 144 valence electrons. The number of aryl methyl sites for hydroxylation is 1. The van der Waals surface area contributed by atoms with Crippen LogP contribution in [-0.4, -0.2) is 31.1 Å². The highest BCUT2D eigenvalue weighted by Gasteiger charge is 2.21. The fourth-order valence-corrected chi connectivity index (χ4v) is 2.93. The van der Waals surface area contributed by atoms with Crippen LogP contribution < -0.4 is 4.74 Å². The Hall–Kier alpha value is -3.48. The van der Waals surface area contributed by atoms with Crippen molar-refractivity contribution in [3.8, 4) is 5.75 Å². The SMILES string of the molecule is COC(=O)c1c(COC(=O)c2ccc(OC)c(F)c2)nc2ccccc2c1C. The third kappa shape index (κ3) is 3.64. The van der Waals surface area contributed by atoms with Crippen molar-refractivity contribution in [2.45, 2.75) is 13.5 Å². The number of rotatable bonds is 5. The van der Waals surface area contributed by atoms with Gasteiger partial charge in [-0.15, -0.1) is 0 Å². The van der Waals surface area contributed by atoms with Crippen molar-refractivity contribution in [2.24, 2.45) is 0 Å². The van der Waals surface area contributed by atoms with Crippen LogP contribution in [0.1, 0.15) is 32.0 Å². The predicted octanol–water partition coefficient (Wildman–Crippen LogP) is 3.83. The van der Waals surface area contributed by atoms with E-state index in [-0.39, 0.29) is 29.2 Å². The Bertz CT molecular complexity index is 1060. The molecule has 3 aromatic rings. The zero-order chi connectivity index (χ0) is 20.3. The number of ether oxygens (including phenoxy) is 3. The number of hydrogen-bond donors (Lipinski definition) is 0. The Labute approximate surface area is 160 Å². The molecule has 0 N–H and O–H groups in total. The molecule has 2 aromatic carbocycles. The van der Waals surface area contributed by atoms with E-state index in [1.807, 2.05) is 18.2 Å². The van der Waals surface area contributed by atoms with Gasteiger partial charge in [-0.3, -0.25) is 0 Å². The molecule has 3 rings (SSSR count). The summed E-state index contributed by atoms with van der Waals surface area (Å²) in [6, 6.07) is 11.1. The molecule has 0 bridgehead atoms. The monoisotopic (exact) mass is 383 g/mol. The number of aromatic nitrogens is 1. The first-order chi connectivity index (χ1) is 13.5. The molecule has 28 heavy (non-hydrogen) atoms. The van der Waals surface area contributed by atoms with Crippen molar-refractivity contribution in [2.75, 3.05) is 14.2 Å². The lowest BCUT2D eigenvalue weighted by molar-refractivity contribution is 0.0455. The Morgan fingerprint density at radius 1 is 1.07 bits per heavy atom. The van der Waals surface area contributed by atoms with Gasteiger partial charge in [0.05, 0.1) is 36.6 Å². The smallest absolute Gasteiger partial charge is 0.340 e. The number of nitrogens with zero attached hydrogens (tertiary/aromatic N) is 1. The second-order valence-electron chi connectivity index (χ2n) is 5.99. The van der Waals surface area contributed by atoms with Gasteiger partial charge in [0.2, 0.25) is 0 Å². The molecule has 1 aromatic heterocycles. The van der Waals surface area contributed by atoms with Crippen LogP contribution in [-0.2, 0) is 16.1 Å². The van der Waals surface area contributed by atoms with Crippen LogP contribution in [0.4, 0.5) is 4.39 Å². The van der Waals surface area contributed by atoms with Gasteiger partial charge in [-0.05, 0) is 36.8 Å². The minimum atomic E-state index is -0.745. The van der Waals surface area contributed by atoms with Crippen molar-refractivity contribution in [1.29, 1.82) is 0 Å². The lowest BCUT2D eigenvalue weighted by Crippen LogP contribution is -2.14. The number of carbonyl (C=O) groups is 2. The quantitative estimate of drug-likeness (QED) is 0.624. The maximum Gasteiger partial charge on any atom is 0.340 e. The van der Waals surface area contributed by atoms with Gasteiger partial charge in [-0.25, -0.2) is 19.0 Å². The summed E-state index contributed by atoms with van der Waals surface area (Å²) in [4.78, 5) is 29.0. The molecule has 0 unspecified atom stereocenters. The topological polar surface area (TPSA) is 74.7 Å². The Morgan fingerprint density at radius 3 is 2.50 bits per heavy atom. The van der Waals surface area contributed by atoms with Gasteiger partial charge in [0.25, 0.3) is 0 Å². The van der Waals surface area contributed by atoms with Crippen molar-refractivity contribution in [3.05, 3.63) is 70.7 Å². The average Bonchev–Trinajstić information content (AvgIpc) is 2.71. The van der Waals surface area contributed by atoms with E-state index in [0.717, 1.165) is 11.5 Å². The summed E-state index contributed by atoms with van der Waals surface area (Å²) in [5.41, 5.74) is 1.88. The molecule has 7 heteroatoms. The third-order valence-corrected chi connectivity index (χ3v) is 4.34. The minimum Gasteiger partial charge on any atom is -0.494 e. The molecular formula is C21H18FNO5. The summed E-state index contributed by atoms with van der Waals surface area (Å²) in [7, 11) is 2.60. The van der Waals surface area contributed by atoms with Gasteiger partial charge in [0.1, 0.15) is 6.61 Å². The highest BCUT2D eigenvalue weighted by atomic mass is 19.1. The molecule has 1 heterocycles. The van der Waals surface area contributed by atoms with E-state index in [2.05, 4.69) is 4.98 Å². The summed E-state index contributed by atoms with van der Waals surface area (Å²) in [6.45, 7) is 1.52. The van der Waals surface area contributed by atoms with E-state index in [0.29, 0.717) is 11.1 Å². The van der Waals surface area contributed by atoms with Crippen LogP contribution in [0.3, 0.4) is 0 Å². The second kappa shape index (κ2) is 8.04. The van der Waals surface area contributed by atoms with Crippen LogP contribution in [0.2, 0.25) is 0 Å². The molecule has 0 atom stereocenters. The number of methoxy groups -OCH3 is 2. The summed E-state index contributed by atoms with van der Waals surface area (Å²) in [5, 5.41) is 0.801. The van der Waals surface area contributed by atoms with Gasteiger partial charge in [0, 0.05) is 5.39 Å². The van der Waals surface area contributed by atoms with Gasteiger partial charge >= 0.3 is 11.9 Å². The largest absolute Gasteiger partial charge is 0.494 e. The number of hydrogen-bond acceptors (Lipinski definition) is 6. The first-order valence-corrected chi connectivity index (χ1v) is 8.43. The summed E-state index contributed by atoms with van der Waals surface area (Å²) < 4.78 is 28.8. The third-order valence-electron chi connectivity index (χ3n) is 4.34. The zero-order valence-electron chi connectivity index (χ0n) is 15.6. The molecule has 0 spiro atoms. The lowest BCUT2D eigenvalue weighted by Gasteiger charge is -2.13. The highest BCUT2D eigenvalue weighted by molar-refractivity contribution is 5.98. The fraction of sp³-hybridized carbons (Fsp3) is 0.190. The molecule has 0 aliphatic rings. The second-order valence-corrected chi connectivity index (χ2v) is 5.99. The summed E-state index contributed by atoms with van der Waals surface area (Å²) in [6.07, 6.45) is 0. The normalized spacial score (nSPS) is 10.6. The maximum absolute atomic E-state index is 13.8. The molecule has 6 nitrogen and oxygen atoms in total. The average molecular weight is 383 g/mol. The van der Waals surface area contributed by atoms with Crippen LogP contribution >= 0.6 is 0 Å². The highest BCUT2D eigenvalue weighted by Crippen LogP contribution is 2.25. The molecule has 0 saturated heterocycles. The lowest BCUT2D eigenvalue weighted by atomic mass is 10.0.